The predicted octanol–water partition coefficient (Wildman–Crippen LogP) is 0.732. The van der Waals surface area contributed by atoms with E-state index < -0.39 is 0 Å². The minimum atomic E-state index is -0.236. The summed E-state index contributed by atoms with van der Waals surface area (Å²) in [5, 5.41) is 10.1. The highest BCUT2D eigenvalue weighted by Gasteiger charge is 2.16. The number of carbonyl (C=O) groups excluding carboxylic acids is 1. The Labute approximate surface area is 158 Å². The Hall–Kier alpha value is -2.84. The third kappa shape index (κ3) is 4.66. The number of hydrogen-bond donors (Lipinski definition) is 2. The van der Waals surface area contributed by atoms with Crippen molar-refractivity contribution in [1.29, 1.82) is 0 Å². The summed E-state index contributed by atoms with van der Waals surface area (Å²) in [6.07, 6.45) is 5.37. The molecule has 0 saturated carbocycles. The molecular formula is C18H27N7O2. The zero-order valence-electron chi connectivity index (χ0n) is 15.9. The molecule has 0 atom stereocenters. The normalized spacial score (nSPS) is 13.1. The first kappa shape index (κ1) is 18.9. The number of anilines is 1. The third-order valence-corrected chi connectivity index (χ3v) is 4.59. The van der Waals surface area contributed by atoms with Gasteiger partial charge in [0.2, 0.25) is 0 Å². The van der Waals surface area contributed by atoms with Gasteiger partial charge in [-0.2, -0.15) is 5.10 Å². The van der Waals surface area contributed by atoms with E-state index in [1.54, 1.807) is 10.8 Å². The van der Waals surface area contributed by atoms with Crippen LogP contribution in [0.4, 0.5) is 10.6 Å². The molecule has 0 fully saturated rings. The van der Waals surface area contributed by atoms with Crippen LogP contribution in [0, 0.1) is 0 Å². The first-order chi connectivity index (χ1) is 13.1. The number of hydrogen-bond acceptors (Lipinski definition) is 5. The van der Waals surface area contributed by atoms with Crippen molar-refractivity contribution in [2.75, 3.05) is 25.5 Å². The lowest BCUT2D eigenvalue weighted by molar-refractivity contribution is 0.240. The maximum absolute atomic E-state index is 12.2. The molecule has 2 aromatic heterocycles. The molecule has 0 aliphatic carbocycles. The summed E-state index contributed by atoms with van der Waals surface area (Å²) in [5.41, 5.74) is 0.912. The van der Waals surface area contributed by atoms with Crippen LogP contribution in [0.5, 0.6) is 0 Å². The van der Waals surface area contributed by atoms with Crippen LogP contribution >= 0.6 is 0 Å². The van der Waals surface area contributed by atoms with E-state index >= 15 is 0 Å². The molecule has 1 aliphatic heterocycles. The van der Waals surface area contributed by atoms with Crippen molar-refractivity contribution in [3.8, 4) is 0 Å². The van der Waals surface area contributed by atoms with Crippen molar-refractivity contribution in [1.82, 2.24) is 30.0 Å². The van der Waals surface area contributed by atoms with Gasteiger partial charge in [0, 0.05) is 58.5 Å². The smallest absolute Gasteiger partial charge is 0.345 e. The maximum atomic E-state index is 12.2. The van der Waals surface area contributed by atoms with E-state index in [0.29, 0.717) is 26.1 Å². The van der Waals surface area contributed by atoms with Crippen molar-refractivity contribution in [2.24, 2.45) is 0 Å². The average Bonchev–Trinajstić information content (AvgIpc) is 3.00. The Morgan fingerprint density at radius 2 is 2.15 bits per heavy atom. The molecule has 0 bridgehead atoms. The first-order valence-corrected chi connectivity index (χ1v) is 9.35. The molecule has 9 heteroatoms. The fourth-order valence-electron chi connectivity index (χ4n) is 3.23. The van der Waals surface area contributed by atoms with Crippen molar-refractivity contribution >= 4 is 11.8 Å². The molecule has 3 heterocycles. The van der Waals surface area contributed by atoms with Crippen LogP contribution in [-0.2, 0) is 26.1 Å². The molecule has 27 heavy (non-hydrogen) atoms. The molecular weight excluding hydrogens is 346 g/mol. The fraction of sp³-hybridized carbons (Fsp3) is 0.556. The van der Waals surface area contributed by atoms with Gasteiger partial charge in [0.1, 0.15) is 11.6 Å². The van der Waals surface area contributed by atoms with Gasteiger partial charge in [-0.05, 0) is 25.3 Å². The van der Waals surface area contributed by atoms with E-state index in [2.05, 4.69) is 20.7 Å². The number of pyridine rings is 1. The number of amides is 2. The second-order valence-corrected chi connectivity index (χ2v) is 6.87. The summed E-state index contributed by atoms with van der Waals surface area (Å²) in [4.78, 5) is 30.5. The van der Waals surface area contributed by atoms with Gasteiger partial charge in [-0.25, -0.2) is 19.3 Å². The highest BCUT2D eigenvalue weighted by atomic mass is 16.2. The minimum Gasteiger partial charge on any atom is -0.362 e. The molecule has 146 valence electrons. The van der Waals surface area contributed by atoms with Crippen molar-refractivity contribution in [3.63, 3.8) is 0 Å². The highest BCUT2D eigenvalue weighted by molar-refractivity contribution is 5.74. The van der Waals surface area contributed by atoms with Crippen LogP contribution in [0.15, 0.2) is 23.1 Å². The van der Waals surface area contributed by atoms with Gasteiger partial charge in [0.15, 0.2) is 0 Å². The molecule has 0 aromatic carbocycles. The number of urea groups is 1. The number of nitrogens with one attached hydrogen (secondary N) is 2. The molecule has 2 N–H and O–H groups in total. The molecule has 2 amide bonds. The fourth-order valence-corrected chi connectivity index (χ4v) is 3.23. The molecule has 2 aromatic rings. The first-order valence-electron chi connectivity index (χ1n) is 9.35. The monoisotopic (exact) mass is 373 g/mol. The van der Waals surface area contributed by atoms with E-state index in [1.165, 1.54) is 4.68 Å². The number of carbonyl (C=O) groups is 1. The second-order valence-electron chi connectivity index (χ2n) is 6.87. The van der Waals surface area contributed by atoms with Crippen LogP contribution in [0.25, 0.3) is 0 Å². The standard InChI is InChI=1S/C18H27N7O2/c1-23(2)16-14(7-5-9-19-16)13-21-17(26)20-10-6-12-25-18(27)24-11-4-3-8-15(24)22-25/h5,7,9H,3-4,6,8,10-13H2,1-2H3,(H2,20,21,26). The molecule has 0 spiro atoms. The zero-order chi connectivity index (χ0) is 19.2. The quantitative estimate of drug-likeness (QED) is 0.698. The number of aromatic nitrogens is 4. The third-order valence-electron chi connectivity index (χ3n) is 4.59. The van der Waals surface area contributed by atoms with E-state index in [1.807, 2.05) is 31.1 Å². The van der Waals surface area contributed by atoms with E-state index in [4.69, 9.17) is 0 Å². The van der Waals surface area contributed by atoms with Crippen LogP contribution in [0.2, 0.25) is 0 Å². The summed E-state index contributed by atoms with van der Waals surface area (Å²) in [6.45, 7) is 2.15. The lowest BCUT2D eigenvalue weighted by Gasteiger charge is -2.16. The highest BCUT2D eigenvalue weighted by Crippen LogP contribution is 2.13. The number of nitrogens with zero attached hydrogens (tertiary/aromatic N) is 5. The van der Waals surface area contributed by atoms with Crippen LogP contribution < -0.4 is 21.2 Å². The topological polar surface area (TPSA) is 97.1 Å². The van der Waals surface area contributed by atoms with Crippen molar-refractivity contribution < 1.29 is 4.79 Å². The van der Waals surface area contributed by atoms with Gasteiger partial charge < -0.3 is 15.5 Å². The number of fused-ring (bicyclic) bond motifs is 1. The summed E-state index contributed by atoms with van der Waals surface area (Å²) in [5.74, 6) is 1.71. The Morgan fingerprint density at radius 1 is 1.30 bits per heavy atom. The van der Waals surface area contributed by atoms with Crippen LogP contribution in [0.3, 0.4) is 0 Å². The van der Waals surface area contributed by atoms with E-state index in [0.717, 1.165) is 43.0 Å². The van der Waals surface area contributed by atoms with E-state index in [-0.39, 0.29) is 11.7 Å². The van der Waals surface area contributed by atoms with Crippen LogP contribution in [0.1, 0.15) is 30.7 Å². The van der Waals surface area contributed by atoms with Gasteiger partial charge in [0.25, 0.3) is 0 Å². The van der Waals surface area contributed by atoms with Gasteiger partial charge in [-0.15, -0.1) is 0 Å². The molecule has 3 rings (SSSR count). The van der Waals surface area contributed by atoms with E-state index in [9.17, 15) is 9.59 Å². The Bertz CT molecular complexity index is 840. The Morgan fingerprint density at radius 3 is 2.93 bits per heavy atom. The van der Waals surface area contributed by atoms with Gasteiger partial charge in [-0.1, -0.05) is 6.07 Å². The minimum absolute atomic E-state index is 0.0399. The SMILES string of the molecule is CN(C)c1ncccc1CNC(=O)NCCCn1nc2n(c1=O)CCCC2. The Kier molecular flexibility index (Phi) is 6.10. The predicted molar refractivity (Wildman–Crippen MR) is 103 cm³/mol. The average molecular weight is 373 g/mol. The van der Waals surface area contributed by atoms with Crippen molar-refractivity contribution in [3.05, 3.63) is 40.2 Å². The zero-order valence-corrected chi connectivity index (χ0v) is 15.9. The Balaban J connectivity index is 1.42. The van der Waals surface area contributed by atoms with Crippen LogP contribution in [-0.4, -0.2) is 46.0 Å². The summed E-state index contributed by atoms with van der Waals surface area (Å²) >= 11 is 0. The van der Waals surface area contributed by atoms with Gasteiger partial charge in [-0.3, -0.25) is 4.57 Å². The molecule has 9 nitrogen and oxygen atoms in total. The number of rotatable bonds is 7. The molecule has 0 unspecified atom stereocenters. The summed E-state index contributed by atoms with van der Waals surface area (Å²) in [7, 11) is 3.84. The lowest BCUT2D eigenvalue weighted by atomic mass is 10.2. The summed E-state index contributed by atoms with van der Waals surface area (Å²) < 4.78 is 3.28. The van der Waals surface area contributed by atoms with Gasteiger partial charge in [0.05, 0.1) is 0 Å². The van der Waals surface area contributed by atoms with Gasteiger partial charge >= 0.3 is 11.7 Å². The summed E-state index contributed by atoms with van der Waals surface area (Å²) in [6, 6.07) is 3.56. The number of aryl methyl sites for hydroxylation is 2. The molecule has 0 radical (unpaired) electrons. The largest absolute Gasteiger partial charge is 0.362 e. The lowest BCUT2D eigenvalue weighted by Crippen LogP contribution is -2.36. The van der Waals surface area contributed by atoms with Crippen molar-refractivity contribution in [2.45, 2.75) is 45.3 Å². The second kappa shape index (κ2) is 8.70. The maximum Gasteiger partial charge on any atom is 0.345 e. The molecule has 1 aliphatic rings. The molecule has 0 saturated heterocycles.